The van der Waals surface area contributed by atoms with Gasteiger partial charge >= 0.3 is 0 Å². The van der Waals surface area contributed by atoms with Gasteiger partial charge in [-0.25, -0.2) is 4.98 Å². The van der Waals surface area contributed by atoms with Gasteiger partial charge in [0.1, 0.15) is 0 Å². The second kappa shape index (κ2) is 7.14. The Labute approximate surface area is 123 Å². The van der Waals surface area contributed by atoms with Gasteiger partial charge in [0.25, 0.3) is 5.56 Å². The summed E-state index contributed by atoms with van der Waals surface area (Å²) in [5, 5.41) is 3.11. The van der Waals surface area contributed by atoms with E-state index in [-0.39, 0.29) is 11.6 Å². The van der Waals surface area contributed by atoms with Gasteiger partial charge in [0.2, 0.25) is 0 Å². The molecule has 0 aliphatic carbocycles. The number of hydrogen-bond acceptors (Lipinski definition) is 4. The zero-order chi connectivity index (χ0) is 14.4. The highest BCUT2D eigenvalue weighted by molar-refractivity contribution is 7.99. The fraction of sp³-hybridized carbons (Fsp3) is 0.333. The number of hydrogen-bond donors (Lipinski definition) is 1. The summed E-state index contributed by atoms with van der Waals surface area (Å²) >= 11 is 1.76. The van der Waals surface area contributed by atoms with Crippen molar-refractivity contribution >= 4 is 17.6 Å². The van der Waals surface area contributed by atoms with Gasteiger partial charge < -0.3 is 9.88 Å². The van der Waals surface area contributed by atoms with Crippen LogP contribution in [-0.2, 0) is 0 Å². The molecule has 5 heteroatoms. The number of rotatable bonds is 6. The molecule has 4 nitrogen and oxygen atoms in total. The average Bonchev–Trinajstić information content (AvgIpc) is 2.46. The van der Waals surface area contributed by atoms with E-state index in [0.29, 0.717) is 12.4 Å². The molecule has 1 heterocycles. The first-order chi connectivity index (χ1) is 9.68. The number of benzene rings is 1. The Balaban J connectivity index is 1.89. The summed E-state index contributed by atoms with van der Waals surface area (Å²) in [6.45, 7) is 4.68. The van der Waals surface area contributed by atoms with E-state index in [1.807, 2.05) is 32.0 Å². The van der Waals surface area contributed by atoms with Crippen LogP contribution in [0.1, 0.15) is 19.9 Å². The standard InChI is InChI=1S/C15H19N3OS/c1-12(2)18-10-8-16-14(15(18)19)17-9-11-20-13-6-4-3-5-7-13/h3-8,10,12H,9,11H2,1-2H3,(H,16,17). The van der Waals surface area contributed by atoms with Crippen molar-refractivity contribution in [2.24, 2.45) is 0 Å². The third kappa shape index (κ3) is 3.87. The van der Waals surface area contributed by atoms with E-state index in [0.717, 1.165) is 5.75 Å². The highest BCUT2D eigenvalue weighted by atomic mass is 32.2. The first-order valence-electron chi connectivity index (χ1n) is 6.67. The Morgan fingerprint density at radius 2 is 2.05 bits per heavy atom. The molecule has 0 saturated carbocycles. The monoisotopic (exact) mass is 289 g/mol. The zero-order valence-electron chi connectivity index (χ0n) is 11.7. The minimum Gasteiger partial charge on any atom is -0.365 e. The molecule has 0 saturated heterocycles. The van der Waals surface area contributed by atoms with Crippen molar-refractivity contribution in [3.8, 4) is 0 Å². The first-order valence-corrected chi connectivity index (χ1v) is 7.66. The summed E-state index contributed by atoms with van der Waals surface area (Å²) in [5.74, 6) is 1.32. The fourth-order valence-corrected chi connectivity index (χ4v) is 2.60. The summed E-state index contributed by atoms with van der Waals surface area (Å²) < 4.78 is 1.68. The van der Waals surface area contributed by atoms with Crippen molar-refractivity contribution < 1.29 is 0 Å². The van der Waals surface area contributed by atoms with E-state index < -0.39 is 0 Å². The van der Waals surface area contributed by atoms with Crippen molar-refractivity contribution in [3.63, 3.8) is 0 Å². The topological polar surface area (TPSA) is 46.9 Å². The molecule has 0 spiro atoms. The Hall–Kier alpha value is -1.75. The predicted molar refractivity (Wildman–Crippen MR) is 84.5 cm³/mol. The van der Waals surface area contributed by atoms with Crippen LogP contribution < -0.4 is 10.9 Å². The van der Waals surface area contributed by atoms with Crippen LogP contribution in [0.2, 0.25) is 0 Å². The molecule has 2 aromatic rings. The molecule has 0 fully saturated rings. The summed E-state index contributed by atoms with van der Waals surface area (Å²) in [6.07, 6.45) is 3.38. The molecule has 1 N–H and O–H groups in total. The van der Waals surface area contributed by atoms with Crippen molar-refractivity contribution in [1.29, 1.82) is 0 Å². The van der Waals surface area contributed by atoms with Gasteiger partial charge in [-0.05, 0) is 26.0 Å². The molecule has 1 aromatic carbocycles. The largest absolute Gasteiger partial charge is 0.365 e. The molecule has 0 aliphatic heterocycles. The number of nitrogens with one attached hydrogen (secondary N) is 1. The molecule has 0 bridgehead atoms. The Kier molecular flexibility index (Phi) is 5.24. The van der Waals surface area contributed by atoms with Crippen molar-refractivity contribution in [2.75, 3.05) is 17.6 Å². The lowest BCUT2D eigenvalue weighted by Crippen LogP contribution is -2.26. The van der Waals surface area contributed by atoms with Crippen LogP contribution in [0, 0.1) is 0 Å². The van der Waals surface area contributed by atoms with Crippen LogP contribution in [0.4, 0.5) is 5.82 Å². The van der Waals surface area contributed by atoms with Crippen LogP contribution in [0.15, 0.2) is 52.4 Å². The van der Waals surface area contributed by atoms with E-state index >= 15 is 0 Å². The summed E-state index contributed by atoms with van der Waals surface area (Å²) in [7, 11) is 0. The van der Waals surface area contributed by atoms with Crippen LogP contribution in [0.25, 0.3) is 0 Å². The normalized spacial score (nSPS) is 10.8. The number of thioether (sulfide) groups is 1. The van der Waals surface area contributed by atoms with Crippen LogP contribution in [0.3, 0.4) is 0 Å². The predicted octanol–water partition coefficient (Wildman–Crippen LogP) is 3.03. The quantitative estimate of drug-likeness (QED) is 0.656. The Morgan fingerprint density at radius 3 is 2.75 bits per heavy atom. The highest BCUT2D eigenvalue weighted by Gasteiger charge is 2.06. The van der Waals surface area contributed by atoms with Crippen molar-refractivity contribution in [2.45, 2.75) is 24.8 Å². The van der Waals surface area contributed by atoms with Crippen LogP contribution in [-0.4, -0.2) is 21.8 Å². The van der Waals surface area contributed by atoms with Gasteiger partial charge in [0, 0.05) is 35.6 Å². The van der Waals surface area contributed by atoms with E-state index in [1.54, 1.807) is 28.7 Å². The van der Waals surface area contributed by atoms with E-state index in [2.05, 4.69) is 22.4 Å². The van der Waals surface area contributed by atoms with E-state index in [4.69, 9.17) is 0 Å². The maximum atomic E-state index is 12.1. The maximum Gasteiger partial charge on any atom is 0.293 e. The summed E-state index contributed by atoms with van der Waals surface area (Å²) in [6, 6.07) is 10.4. The van der Waals surface area contributed by atoms with Gasteiger partial charge in [0.05, 0.1) is 0 Å². The lowest BCUT2D eigenvalue weighted by atomic mass is 10.4. The molecular weight excluding hydrogens is 270 g/mol. The lowest BCUT2D eigenvalue weighted by molar-refractivity contribution is 0.575. The molecule has 0 aliphatic rings. The Morgan fingerprint density at radius 1 is 1.30 bits per heavy atom. The molecule has 20 heavy (non-hydrogen) atoms. The van der Waals surface area contributed by atoms with Crippen LogP contribution >= 0.6 is 11.8 Å². The second-order valence-corrected chi connectivity index (χ2v) is 5.84. The molecule has 0 atom stereocenters. The number of nitrogens with zero attached hydrogens (tertiary/aromatic N) is 2. The van der Waals surface area contributed by atoms with Gasteiger partial charge in [0.15, 0.2) is 5.82 Å². The molecule has 2 rings (SSSR count). The van der Waals surface area contributed by atoms with Gasteiger partial charge in [-0.1, -0.05) is 18.2 Å². The SMILES string of the molecule is CC(C)n1ccnc(NCCSc2ccccc2)c1=O. The van der Waals surface area contributed by atoms with Crippen molar-refractivity contribution in [1.82, 2.24) is 9.55 Å². The first kappa shape index (κ1) is 14.7. The minimum absolute atomic E-state index is 0.0628. The third-order valence-electron chi connectivity index (χ3n) is 2.83. The Bertz CT molecular complexity index is 596. The molecule has 0 amide bonds. The smallest absolute Gasteiger partial charge is 0.293 e. The highest BCUT2D eigenvalue weighted by Crippen LogP contribution is 2.16. The summed E-state index contributed by atoms with van der Waals surface area (Å²) in [4.78, 5) is 17.4. The van der Waals surface area contributed by atoms with E-state index in [1.165, 1.54) is 4.90 Å². The van der Waals surface area contributed by atoms with Gasteiger partial charge in [-0.3, -0.25) is 4.79 Å². The van der Waals surface area contributed by atoms with E-state index in [9.17, 15) is 4.79 Å². The number of anilines is 1. The maximum absolute atomic E-state index is 12.1. The van der Waals surface area contributed by atoms with Gasteiger partial charge in [-0.15, -0.1) is 11.8 Å². The minimum atomic E-state index is -0.0628. The third-order valence-corrected chi connectivity index (χ3v) is 3.84. The molecule has 1 aromatic heterocycles. The molecule has 0 radical (unpaired) electrons. The van der Waals surface area contributed by atoms with Crippen molar-refractivity contribution in [3.05, 3.63) is 53.1 Å². The number of aromatic nitrogens is 2. The van der Waals surface area contributed by atoms with Crippen LogP contribution in [0.5, 0.6) is 0 Å². The average molecular weight is 289 g/mol. The second-order valence-electron chi connectivity index (χ2n) is 4.67. The summed E-state index contributed by atoms with van der Waals surface area (Å²) in [5.41, 5.74) is -0.0628. The lowest BCUT2D eigenvalue weighted by Gasteiger charge is -2.11. The molecular formula is C15H19N3OS. The van der Waals surface area contributed by atoms with Gasteiger partial charge in [-0.2, -0.15) is 0 Å². The fourth-order valence-electron chi connectivity index (χ4n) is 1.81. The molecule has 106 valence electrons. The molecule has 0 unspecified atom stereocenters. The zero-order valence-corrected chi connectivity index (χ0v) is 12.6.